The molecule has 2 aromatic heterocycles. The van der Waals surface area contributed by atoms with Gasteiger partial charge in [-0.15, -0.1) is 0 Å². The Bertz CT molecular complexity index is 665. The summed E-state index contributed by atoms with van der Waals surface area (Å²) in [6, 6.07) is 1.97. The van der Waals surface area contributed by atoms with Gasteiger partial charge in [-0.1, -0.05) is 0 Å². The van der Waals surface area contributed by atoms with Crippen molar-refractivity contribution in [3.8, 4) is 0 Å². The molecule has 1 atom stereocenters. The Kier molecular flexibility index (Phi) is 4.87. The van der Waals surface area contributed by atoms with Crippen LogP contribution in [-0.4, -0.2) is 57.0 Å². The number of hydrogen-bond donors (Lipinski definition) is 0. The summed E-state index contributed by atoms with van der Waals surface area (Å²) in [7, 11) is 0. The fourth-order valence-corrected chi connectivity index (χ4v) is 2.70. The molecule has 0 aromatic carbocycles. The van der Waals surface area contributed by atoms with E-state index in [1.165, 1.54) is 6.33 Å². The van der Waals surface area contributed by atoms with Gasteiger partial charge in [0.2, 0.25) is 0 Å². The lowest BCUT2D eigenvalue weighted by molar-refractivity contribution is 0.0736. The van der Waals surface area contributed by atoms with E-state index in [0.29, 0.717) is 31.9 Å². The molecule has 1 aliphatic rings. The van der Waals surface area contributed by atoms with Gasteiger partial charge in [0.15, 0.2) is 0 Å². The minimum atomic E-state index is -0.0556. The molecule has 3 heterocycles. The average molecular weight is 313 g/mol. The van der Waals surface area contributed by atoms with Gasteiger partial charge in [0.1, 0.15) is 12.7 Å². The van der Waals surface area contributed by atoms with Crippen LogP contribution >= 0.6 is 0 Å². The lowest BCUT2D eigenvalue weighted by Gasteiger charge is -2.23. The monoisotopic (exact) mass is 313 g/mol. The molecule has 0 unspecified atom stereocenters. The Morgan fingerprint density at radius 2 is 2.13 bits per heavy atom. The zero-order valence-corrected chi connectivity index (χ0v) is 13.1. The highest BCUT2D eigenvalue weighted by Gasteiger charge is 2.24. The number of amides is 1. The summed E-state index contributed by atoms with van der Waals surface area (Å²) in [5.41, 5.74) is 2.42. The Hall–Kier alpha value is -2.41. The van der Waals surface area contributed by atoms with Crippen LogP contribution in [0.1, 0.15) is 21.7 Å². The van der Waals surface area contributed by atoms with Gasteiger partial charge in [-0.3, -0.25) is 4.79 Å². The molecule has 1 amide bonds. The summed E-state index contributed by atoms with van der Waals surface area (Å²) in [4.78, 5) is 30.6. The molecule has 0 bridgehead atoms. The van der Waals surface area contributed by atoms with Crippen molar-refractivity contribution in [1.82, 2.24) is 24.8 Å². The minimum Gasteiger partial charge on any atom is -0.379 e. The van der Waals surface area contributed by atoms with E-state index in [0.717, 1.165) is 17.8 Å². The number of carbonyl (C=O) groups is 1. The first kappa shape index (κ1) is 15.5. The Morgan fingerprint density at radius 1 is 1.30 bits per heavy atom. The van der Waals surface area contributed by atoms with Crippen LogP contribution in [0.2, 0.25) is 0 Å². The SMILES string of the molecule is Cc1cc(C[C@H]2COCCN(C(=O)c3cncnc3)C2)ncn1. The van der Waals surface area contributed by atoms with Crippen molar-refractivity contribution in [3.63, 3.8) is 0 Å². The van der Waals surface area contributed by atoms with Crippen molar-refractivity contribution >= 4 is 5.91 Å². The summed E-state index contributed by atoms with van der Waals surface area (Å²) < 4.78 is 5.66. The Labute approximate surface area is 134 Å². The smallest absolute Gasteiger partial charge is 0.257 e. The van der Waals surface area contributed by atoms with Gasteiger partial charge in [-0.2, -0.15) is 0 Å². The van der Waals surface area contributed by atoms with E-state index < -0.39 is 0 Å². The molecular formula is C16H19N5O2. The van der Waals surface area contributed by atoms with Crippen LogP contribution < -0.4 is 0 Å². The highest BCUT2D eigenvalue weighted by molar-refractivity contribution is 5.93. The summed E-state index contributed by atoms with van der Waals surface area (Å²) >= 11 is 0. The largest absolute Gasteiger partial charge is 0.379 e. The molecule has 0 saturated carbocycles. The summed E-state index contributed by atoms with van der Waals surface area (Å²) in [6.45, 7) is 4.32. The van der Waals surface area contributed by atoms with Crippen LogP contribution in [0.4, 0.5) is 0 Å². The van der Waals surface area contributed by atoms with Gasteiger partial charge in [-0.25, -0.2) is 19.9 Å². The predicted molar refractivity (Wildman–Crippen MR) is 82.7 cm³/mol. The molecule has 120 valence electrons. The van der Waals surface area contributed by atoms with Crippen LogP contribution in [-0.2, 0) is 11.2 Å². The van der Waals surface area contributed by atoms with Gasteiger partial charge in [0.25, 0.3) is 5.91 Å². The molecule has 0 radical (unpaired) electrons. The molecule has 1 saturated heterocycles. The van der Waals surface area contributed by atoms with Crippen LogP contribution in [0.3, 0.4) is 0 Å². The number of hydrogen-bond acceptors (Lipinski definition) is 6. The highest BCUT2D eigenvalue weighted by atomic mass is 16.5. The Morgan fingerprint density at radius 3 is 2.91 bits per heavy atom. The van der Waals surface area contributed by atoms with E-state index in [1.807, 2.05) is 17.9 Å². The number of aryl methyl sites for hydroxylation is 1. The molecule has 1 aliphatic heterocycles. The molecule has 2 aromatic rings. The van der Waals surface area contributed by atoms with Crippen LogP contribution in [0.15, 0.2) is 31.1 Å². The first-order valence-electron chi connectivity index (χ1n) is 7.62. The van der Waals surface area contributed by atoms with Crippen molar-refractivity contribution in [2.75, 3.05) is 26.3 Å². The highest BCUT2D eigenvalue weighted by Crippen LogP contribution is 2.15. The van der Waals surface area contributed by atoms with Gasteiger partial charge in [0.05, 0.1) is 18.8 Å². The fraction of sp³-hybridized carbons (Fsp3) is 0.438. The third-order valence-electron chi connectivity index (χ3n) is 3.79. The van der Waals surface area contributed by atoms with Crippen LogP contribution in [0.5, 0.6) is 0 Å². The first-order valence-corrected chi connectivity index (χ1v) is 7.62. The van der Waals surface area contributed by atoms with Gasteiger partial charge < -0.3 is 9.64 Å². The second-order valence-corrected chi connectivity index (χ2v) is 5.67. The summed E-state index contributed by atoms with van der Waals surface area (Å²) in [6.07, 6.45) is 6.85. The van der Waals surface area contributed by atoms with Crippen LogP contribution in [0, 0.1) is 12.8 Å². The van der Waals surface area contributed by atoms with Gasteiger partial charge in [-0.05, 0) is 19.4 Å². The van der Waals surface area contributed by atoms with Crippen molar-refractivity contribution in [2.24, 2.45) is 5.92 Å². The number of ether oxygens (including phenoxy) is 1. The predicted octanol–water partition coefficient (Wildman–Crippen LogP) is 0.906. The van der Waals surface area contributed by atoms with Crippen molar-refractivity contribution in [1.29, 1.82) is 0 Å². The second-order valence-electron chi connectivity index (χ2n) is 5.67. The average Bonchev–Trinajstić information content (AvgIpc) is 2.80. The fourth-order valence-electron chi connectivity index (χ4n) is 2.70. The molecular weight excluding hydrogens is 294 g/mol. The normalized spacial score (nSPS) is 18.5. The lowest BCUT2D eigenvalue weighted by Crippen LogP contribution is -2.36. The lowest BCUT2D eigenvalue weighted by atomic mass is 10.0. The number of aromatic nitrogens is 4. The molecule has 0 N–H and O–H groups in total. The maximum Gasteiger partial charge on any atom is 0.257 e. The van der Waals surface area contributed by atoms with Crippen molar-refractivity contribution in [2.45, 2.75) is 13.3 Å². The van der Waals surface area contributed by atoms with Crippen molar-refractivity contribution < 1.29 is 9.53 Å². The van der Waals surface area contributed by atoms with E-state index in [4.69, 9.17) is 4.74 Å². The van der Waals surface area contributed by atoms with Crippen LogP contribution in [0.25, 0.3) is 0 Å². The summed E-state index contributed by atoms with van der Waals surface area (Å²) in [5, 5.41) is 0. The molecule has 0 aliphatic carbocycles. The topological polar surface area (TPSA) is 81.1 Å². The second kappa shape index (κ2) is 7.23. The maximum absolute atomic E-state index is 12.6. The summed E-state index contributed by atoms with van der Waals surface area (Å²) in [5.74, 6) is 0.153. The van der Waals surface area contributed by atoms with E-state index in [1.54, 1.807) is 18.7 Å². The zero-order chi connectivity index (χ0) is 16.1. The van der Waals surface area contributed by atoms with Crippen molar-refractivity contribution in [3.05, 3.63) is 48.1 Å². The number of nitrogens with zero attached hydrogens (tertiary/aromatic N) is 5. The standard InChI is InChI=1S/C16H19N5O2/c1-12-4-15(20-11-19-12)5-13-8-21(2-3-23-9-13)16(22)14-6-17-10-18-7-14/h4,6-7,10-11,13H,2-3,5,8-9H2,1H3/t13-/m1/s1. The quantitative estimate of drug-likeness (QED) is 0.837. The molecule has 7 nitrogen and oxygen atoms in total. The Balaban J connectivity index is 1.70. The molecule has 1 fully saturated rings. The number of rotatable bonds is 3. The van der Waals surface area contributed by atoms with Gasteiger partial charge in [0, 0.05) is 42.8 Å². The first-order chi connectivity index (χ1) is 11.2. The molecule has 23 heavy (non-hydrogen) atoms. The zero-order valence-electron chi connectivity index (χ0n) is 13.1. The number of carbonyl (C=O) groups excluding carboxylic acids is 1. The third kappa shape index (κ3) is 4.07. The van der Waals surface area contributed by atoms with E-state index in [-0.39, 0.29) is 11.8 Å². The minimum absolute atomic E-state index is 0.0556. The van der Waals surface area contributed by atoms with E-state index in [9.17, 15) is 4.79 Å². The van der Waals surface area contributed by atoms with E-state index >= 15 is 0 Å². The maximum atomic E-state index is 12.6. The van der Waals surface area contributed by atoms with Gasteiger partial charge >= 0.3 is 0 Å². The third-order valence-corrected chi connectivity index (χ3v) is 3.79. The molecule has 0 spiro atoms. The molecule has 7 heteroatoms. The van der Waals surface area contributed by atoms with E-state index in [2.05, 4.69) is 19.9 Å². The molecule has 3 rings (SSSR count).